The summed E-state index contributed by atoms with van der Waals surface area (Å²) >= 11 is 0. The number of hydrogen-bond acceptors (Lipinski definition) is 5. The highest BCUT2D eigenvalue weighted by Crippen LogP contribution is 2.35. The summed E-state index contributed by atoms with van der Waals surface area (Å²) in [6.45, 7) is 7.47. The number of benzene rings is 3. The Hall–Kier alpha value is -5.86. The first-order valence-electron chi connectivity index (χ1n) is 12.2. The summed E-state index contributed by atoms with van der Waals surface area (Å²) in [5.41, 5.74) is 3.13. The number of rotatable bonds is 2. The van der Waals surface area contributed by atoms with Crippen LogP contribution >= 0.6 is 0 Å². The van der Waals surface area contributed by atoms with E-state index in [1.54, 1.807) is 12.1 Å². The van der Waals surface area contributed by atoms with E-state index in [1.165, 1.54) is 24.5 Å². The molecule has 0 aliphatic carbocycles. The summed E-state index contributed by atoms with van der Waals surface area (Å²) < 4.78 is 26.8. The SMILES string of the molecule is [C-]#[N+]/N=c1\c2cc(-c3ccc(F)nc3)ccc2c2cc3c(=NC#N)c4cc(-c5ccc(F)nc5)ccc4c3cc12. The Morgan fingerprint density at radius 3 is 1.55 bits per heavy atom. The van der Waals surface area contributed by atoms with Crippen LogP contribution in [-0.4, -0.2) is 9.97 Å². The minimum Gasteiger partial charge on any atom is -0.228 e. The number of fused-ring (bicyclic) bond motifs is 6. The van der Waals surface area contributed by atoms with Crippen LogP contribution in [0.3, 0.4) is 0 Å². The molecule has 0 saturated heterocycles. The predicted molar refractivity (Wildman–Crippen MR) is 149 cm³/mol. The van der Waals surface area contributed by atoms with E-state index < -0.39 is 11.9 Å². The average molecular weight is 521 g/mol. The molecule has 2 heterocycles. The fraction of sp³-hybridized carbons (Fsp3) is 0. The number of aromatic nitrogens is 2. The van der Waals surface area contributed by atoms with Gasteiger partial charge in [-0.3, -0.25) is 0 Å². The molecule has 6 nitrogen and oxygen atoms in total. The highest BCUT2D eigenvalue weighted by Gasteiger charge is 2.17. The Balaban J connectivity index is 1.54. The molecule has 0 amide bonds. The second-order valence-corrected chi connectivity index (χ2v) is 9.31. The van der Waals surface area contributed by atoms with E-state index in [0.717, 1.165) is 65.3 Å². The van der Waals surface area contributed by atoms with Crippen LogP contribution in [0.2, 0.25) is 0 Å². The first-order chi connectivity index (χ1) is 19.6. The number of hydrogen-bond donors (Lipinski definition) is 0. The van der Waals surface area contributed by atoms with Gasteiger partial charge in [0.05, 0.1) is 10.5 Å². The maximum absolute atomic E-state index is 13.4. The third-order valence-electron chi connectivity index (χ3n) is 7.23. The maximum atomic E-state index is 13.4. The van der Waals surface area contributed by atoms with Crippen LogP contribution in [-0.2, 0) is 0 Å². The van der Waals surface area contributed by atoms with Gasteiger partial charge in [-0.05, 0) is 81.2 Å². The Morgan fingerprint density at radius 1 is 0.600 bits per heavy atom. The van der Waals surface area contributed by atoms with Crippen LogP contribution in [0.4, 0.5) is 8.78 Å². The van der Waals surface area contributed by atoms with Crippen LogP contribution in [0.5, 0.6) is 0 Å². The van der Waals surface area contributed by atoms with Crippen molar-refractivity contribution in [3.05, 3.63) is 119 Å². The summed E-state index contributed by atoms with van der Waals surface area (Å²) in [6.07, 6.45) is 4.87. The quantitative estimate of drug-likeness (QED) is 0.110. The topological polar surface area (TPSA) is 78.6 Å². The van der Waals surface area contributed by atoms with Crippen molar-refractivity contribution in [2.45, 2.75) is 0 Å². The first-order valence-corrected chi connectivity index (χ1v) is 12.2. The lowest BCUT2D eigenvalue weighted by Gasteiger charge is -2.02. The smallest absolute Gasteiger partial charge is 0.212 e. The van der Waals surface area contributed by atoms with Crippen LogP contribution in [0.1, 0.15) is 0 Å². The van der Waals surface area contributed by atoms with Crippen LogP contribution in [0, 0.1) is 29.9 Å². The number of pyridine rings is 2. The zero-order valence-electron chi connectivity index (χ0n) is 20.5. The van der Waals surface area contributed by atoms with Crippen LogP contribution < -0.4 is 10.7 Å². The van der Waals surface area contributed by atoms with E-state index in [2.05, 4.69) is 25.0 Å². The molecule has 0 unspecified atom stereocenters. The monoisotopic (exact) mass is 520 g/mol. The molecule has 0 spiro atoms. The molecule has 0 N–H and O–H groups in total. The molecule has 0 bridgehead atoms. The van der Waals surface area contributed by atoms with Crippen LogP contribution in [0.25, 0.3) is 70.3 Å². The Morgan fingerprint density at radius 2 is 1.07 bits per heavy atom. The normalized spacial score (nSPS) is 12.5. The third kappa shape index (κ3) is 3.52. The summed E-state index contributed by atoms with van der Waals surface area (Å²) in [6, 6.07) is 21.5. The molecule has 7 aromatic rings. The van der Waals surface area contributed by atoms with E-state index in [9.17, 15) is 14.0 Å². The zero-order chi connectivity index (χ0) is 27.4. The van der Waals surface area contributed by atoms with Gasteiger partial charge in [0.15, 0.2) is 5.36 Å². The van der Waals surface area contributed by atoms with Gasteiger partial charge in [-0.15, -0.1) is 4.95 Å². The molecule has 7 rings (SSSR count). The molecular weight excluding hydrogens is 506 g/mol. The molecule has 0 radical (unpaired) electrons. The summed E-state index contributed by atoms with van der Waals surface area (Å²) in [5.74, 6) is -1.11. The minimum absolute atomic E-state index is 0.540. The van der Waals surface area contributed by atoms with Crippen molar-refractivity contribution >= 4 is 43.1 Å². The van der Waals surface area contributed by atoms with Crippen LogP contribution in [0.15, 0.2) is 95.3 Å². The van der Waals surface area contributed by atoms with Gasteiger partial charge in [-0.1, -0.05) is 24.3 Å². The Labute approximate surface area is 225 Å². The molecular formula is C32H14F2N6. The Kier molecular flexibility index (Phi) is 5.16. The molecule has 0 saturated carbocycles. The molecule has 0 fully saturated rings. The second-order valence-electron chi connectivity index (χ2n) is 9.31. The minimum atomic E-state index is -0.558. The highest BCUT2D eigenvalue weighted by atomic mass is 19.1. The highest BCUT2D eigenvalue weighted by molar-refractivity contribution is 6.21. The third-order valence-corrected chi connectivity index (χ3v) is 7.23. The van der Waals surface area contributed by atoms with Crippen molar-refractivity contribution in [3.63, 3.8) is 0 Å². The van der Waals surface area contributed by atoms with E-state index in [4.69, 9.17) is 6.57 Å². The molecule has 0 aliphatic heterocycles. The maximum Gasteiger partial charge on any atom is 0.212 e. The lowest BCUT2D eigenvalue weighted by Crippen LogP contribution is -1.99. The molecule has 2 aromatic heterocycles. The average Bonchev–Trinajstić information content (AvgIpc) is 3.44. The zero-order valence-corrected chi connectivity index (χ0v) is 20.5. The van der Waals surface area contributed by atoms with E-state index >= 15 is 0 Å². The Bertz CT molecular complexity index is 2180. The summed E-state index contributed by atoms with van der Waals surface area (Å²) in [5, 5.41) is 21.5. The lowest BCUT2D eigenvalue weighted by molar-refractivity contribution is 0.583. The second kappa shape index (κ2) is 8.87. The van der Waals surface area contributed by atoms with Gasteiger partial charge < -0.3 is 0 Å². The largest absolute Gasteiger partial charge is 0.228 e. The van der Waals surface area contributed by atoms with Gasteiger partial charge in [0, 0.05) is 45.1 Å². The van der Waals surface area contributed by atoms with Crippen molar-refractivity contribution < 1.29 is 8.78 Å². The number of nitriles is 1. The predicted octanol–water partition coefficient (Wildman–Crippen LogP) is 6.69. The van der Waals surface area contributed by atoms with E-state index in [0.29, 0.717) is 10.7 Å². The van der Waals surface area contributed by atoms with Crippen molar-refractivity contribution in [3.8, 4) is 28.4 Å². The van der Waals surface area contributed by atoms with Crippen molar-refractivity contribution in [1.29, 1.82) is 5.26 Å². The van der Waals surface area contributed by atoms with Crippen molar-refractivity contribution in [2.24, 2.45) is 10.1 Å². The molecule has 40 heavy (non-hydrogen) atoms. The van der Waals surface area contributed by atoms with Crippen molar-refractivity contribution in [2.75, 3.05) is 0 Å². The summed E-state index contributed by atoms with van der Waals surface area (Å²) in [7, 11) is 0. The fourth-order valence-electron chi connectivity index (χ4n) is 5.46. The summed E-state index contributed by atoms with van der Waals surface area (Å²) in [4.78, 5) is 15.0. The molecule has 0 atom stereocenters. The molecule has 5 aromatic carbocycles. The lowest BCUT2D eigenvalue weighted by atomic mass is 10.0. The van der Waals surface area contributed by atoms with E-state index in [1.807, 2.05) is 54.7 Å². The molecule has 8 heteroatoms. The van der Waals surface area contributed by atoms with Gasteiger partial charge in [-0.25, -0.2) is 9.97 Å². The fourth-order valence-corrected chi connectivity index (χ4v) is 5.46. The van der Waals surface area contributed by atoms with Gasteiger partial charge in [0.1, 0.15) is 0 Å². The number of nitrogens with zero attached hydrogens (tertiary/aromatic N) is 6. The van der Waals surface area contributed by atoms with Gasteiger partial charge in [0.25, 0.3) is 0 Å². The van der Waals surface area contributed by atoms with E-state index in [-0.39, 0.29) is 0 Å². The molecule has 0 aliphatic rings. The van der Waals surface area contributed by atoms with Gasteiger partial charge >= 0.3 is 0 Å². The standard InChI is InChI=1S/C32H14F2N6/c1-36-40-32-26-11-18(20-5-9-30(34)38-15-20)3-7-22(26)24-12-27-23(13-28(24)32)21-6-2-17(10-25(21)31(27)39-16-35)19-4-8-29(33)37-14-19/h2-15H/b39-31?,40-32+. The first kappa shape index (κ1) is 23.3. The van der Waals surface area contributed by atoms with Gasteiger partial charge in [0.2, 0.25) is 18.1 Å². The van der Waals surface area contributed by atoms with Crippen molar-refractivity contribution in [1.82, 2.24) is 9.97 Å². The molecule has 186 valence electrons. The van der Waals surface area contributed by atoms with Gasteiger partial charge in [-0.2, -0.15) is 25.6 Å². The number of halogens is 2.